The fraction of sp³-hybridized carbons (Fsp3) is 0.588. The lowest BCUT2D eigenvalue weighted by Crippen LogP contribution is -2.46. The summed E-state index contributed by atoms with van der Waals surface area (Å²) in [6.45, 7) is 6.82. The second kappa shape index (κ2) is 9.40. The Morgan fingerprint density at radius 3 is 2.48 bits per heavy atom. The SMILES string of the molecule is CCCNC(=O)C(C)NC(C)CCc1ccc(OC)cc1. The Morgan fingerprint density at radius 2 is 1.90 bits per heavy atom. The monoisotopic (exact) mass is 292 g/mol. The normalized spacial score (nSPS) is 13.5. The Morgan fingerprint density at radius 1 is 1.24 bits per heavy atom. The van der Waals surface area contributed by atoms with Gasteiger partial charge in [0.25, 0.3) is 0 Å². The summed E-state index contributed by atoms with van der Waals surface area (Å²) in [5, 5.41) is 6.25. The summed E-state index contributed by atoms with van der Waals surface area (Å²) in [4.78, 5) is 11.8. The molecule has 118 valence electrons. The van der Waals surface area contributed by atoms with Gasteiger partial charge in [-0.05, 0) is 50.8 Å². The Hall–Kier alpha value is -1.55. The summed E-state index contributed by atoms with van der Waals surface area (Å²) >= 11 is 0. The standard InChI is InChI=1S/C17H28N2O2/c1-5-12-18-17(20)14(3)19-13(2)6-7-15-8-10-16(21-4)11-9-15/h8-11,13-14,19H,5-7,12H2,1-4H3,(H,18,20). The number of hydrogen-bond donors (Lipinski definition) is 2. The minimum atomic E-state index is -0.151. The maximum Gasteiger partial charge on any atom is 0.236 e. The number of amides is 1. The van der Waals surface area contributed by atoms with Crippen LogP contribution in [-0.4, -0.2) is 31.6 Å². The molecule has 21 heavy (non-hydrogen) atoms. The lowest BCUT2D eigenvalue weighted by molar-refractivity contribution is -0.122. The van der Waals surface area contributed by atoms with Crippen LogP contribution in [0.25, 0.3) is 0 Å². The molecule has 0 aliphatic carbocycles. The predicted octanol–water partition coefficient (Wildman–Crippen LogP) is 2.52. The van der Waals surface area contributed by atoms with E-state index in [0.717, 1.165) is 31.6 Å². The van der Waals surface area contributed by atoms with E-state index in [2.05, 4.69) is 36.6 Å². The molecule has 0 aromatic heterocycles. The van der Waals surface area contributed by atoms with Gasteiger partial charge in [-0.15, -0.1) is 0 Å². The zero-order valence-corrected chi connectivity index (χ0v) is 13.6. The van der Waals surface area contributed by atoms with E-state index in [1.165, 1.54) is 5.56 Å². The van der Waals surface area contributed by atoms with E-state index in [-0.39, 0.29) is 11.9 Å². The van der Waals surface area contributed by atoms with Crippen LogP contribution in [0.2, 0.25) is 0 Å². The first-order valence-corrected chi connectivity index (χ1v) is 7.73. The molecule has 1 rings (SSSR count). The molecule has 2 unspecified atom stereocenters. The molecule has 4 nitrogen and oxygen atoms in total. The fourth-order valence-corrected chi connectivity index (χ4v) is 2.16. The molecule has 0 spiro atoms. The van der Waals surface area contributed by atoms with Crippen molar-refractivity contribution in [1.82, 2.24) is 10.6 Å². The Kier molecular flexibility index (Phi) is 7.83. The molecule has 2 atom stereocenters. The van der Waals surface area contributed by atoms with Crippen LogP contribution in [0.3, 0.4) is 0 Å². The van der Waals surface area contributed by atoms with Gasteiger partial charge < -0.3 is 15.4 Å². The Bertz CT molecular complexity index is 417. The van der Waals surface area contributed by atoms with Crippen LogP contribution in [0.4, 0.5) is 0 Å². The molecule has 0 saturated heterocycles. The van der Waals surface area contributed by atoms with Crippen LogP contribution >= 0.6 is 0 Å². The van der Waals surface area contributed by atoms with Crippen LogP contribution < -0.4 is 15.4 Å². The van der Waals surface area contributed by atoms with Gasteiger partial charge in [-0.3, -0.25) is 4.79 Å². The van der Waals surface area contributed by atoms with Gasteiger partial charge in [0.15, 0.2) is 0 Å². The molecule has 0 aliphatic rings. The highest BCUT2D eigenvalue weighted by Crippen LogP contribution is 2.13. The quantitative estimate of drug-likeness (QED) is 0.735. The number of rotatable bonds is 9. The first-order valence-electron chi connectivity index (χ1n) is 7.73. The van der Waals surface area contributed by atoms with E-state index in [0.29, 0.717) is 6.04 Å². The number of nitrogens with one attached hydrogen (secondary N) is 2. The molecule has 0 aliphatic heterocycles. The molecule has 1 aromatic rings. The maximum atomic E-state index is 11.8. The highest BCUT2D eigenvalue weighted by molar-refractivity contribution is 5.81. The second-order valence-corrected chi connectivity index (χ2v) is 5.47. The summed E-state index contributed by atoms with van der Waals surface area (Å²) in [7, 11) is 1.67. The van der Waals surface area contributed by atoms with Crippen molar-refractivity contribution >= 4 is 5.91 Å². The summed E-state index contributed by atoms with van der Waals surface area (Å²) in [6.07, 6.45) is 2.95. The Labute approximate surface area is 128 Å². The average molecular weight is 292 g/mol. The van der Waals surface area contributed by atoms with Crippen molar-refractivity contribution in [3.63, 3.8) is 0 Å². The molecule has 0 fully saturated rings. The summed E-state index contributed by atoms with van der Waals surface area (Å²) in [5.41, 5.74) is 1.28. The molecule has 4 heteroatoms. The van der Waals surface area contributed by atoms with E-state index >= 15 is 0 Å². The van der Waals surface area contributed by atoms with Crippen molar-refractivity contribution in [2.45, 2.75) is 52.1 Å². The van der Waals surface area contributed by atoms with Gasteiger partial charge in [-0.2, -0.15) is 0 Å². The number of benzene rings is 1. The number of carbonyl (C=O) groups excluding carboxylic acids is 1. The van der Waals surface area contributed by atoms with Gasteiger partial charge in [-0.1, -0.05) is 19.1 Å². The van der Waals surface area contributed by atoms with Gasteiger partial charge in [0.1, 0.15) is 5.75 Å². The summed E-state index contributed by atoms with van der Waals surface area (Å²) in [6, 6.07) is 8.28. The predicted molar refractivity (Wildman–Crippen MR) is 86.7 cm³/mol. The molecular formula is C17H28N2O2. The van der Waals surface area contributed by atoms with Crippen LogP contribution in [-0.2, 0) is 11.2 Å². The highest BCUT2D eigenvalue weighted by Gasteiger charge is 2.14. The minimum absolute atomic E-state index is 0.0770. The van der Waals surface area contributed by atoms with Crippen molar-refractivity contribution in [3.8, 4) is 5.75 Å². The number of hydrogen-bond acceptors (Lipinski definition) is 3. The van der Waals surface area contributed by atoms with Gasteiger partial charge in [-0.25, -0.2) is 0 Å². The number of ether oxygens (including phenoxy) is 1. The zero-order valence-electron chi connectivity index (χ0n) is 13.6. The Balaban J connectivity index is 2.32. The number of aryl methyl sites for hydroxylation is 1. The lowest BCUT2D eigenvalue weighted by atomic mass is 10.1. The third kappa shape index (κ3) is 6.63. The molecule has 0 radical (unpaired) electrons. The first kappa shape index (κ1) is 17.5. The van der Waals surface area contributed by atoms with Crippen LogP contribution in [0.1, 0.15) is 39.2 Å². The number of carbonyl (C=O) groups is 1. The molecule has 0 bridgehead atoms. The second-order valence-electron chi connectivity index (χ2n) is 5.47. The van der Waals surface area contributed by atoms with E-state index in [4.69, 9.17) is 4.74 Å². The summed E-state index contributed by atoms with van der Waals surface area (Å²) in [5.74, 6) is 0.958. The average Bonchev–Trinajstić information content (AvgIpc) is 2.50. The maximum absolute atomic E-state index is 11.8. The molecular weight excluding hydrogens is 264 g/mol. The largest absolute Gasteiger partial charge is 0.497 e. The van der Waals surface area contributed by atoms with Gasteiger partial charge in [0.05, 0.1) is 13.2 Å². The van der Waals surface area contributed by atoms with Crippen LogP contribution in [0.15, 0.2) is 24.3 Å². The zero-order chi connectivity index (χ0) is 15.7. The van der Waals surface area contributed by atoms with Gasteiger partial charge >= 0.3 is 0 Å². The van der Waals surface area contributed by atoms with E-state index in [1.54, 1.807) is 7.11 Å². The molecule has 0 saturated carbocycles. The third-order valence-electron chi connectivity index (χ3n) is 3.50. The highest BCUT2D eigenvalue weighted by atomic mass is 16.5. The van der Waals surface area contributed by atoms with E-state index in [1.807, 2.05) is 19.1 Å². The van der Waals surface area contributed by atoms with E-state index < -0.39 is 0 Å². The van der Waals surface area contributed by atoms with Crippen molar-refractivity contribution in [2.75, 3.05) is 13.7 Å². The van der Waals surface area contributed by atoms with Gasteiger partial charge in [0.2, 0.25) is 5.91 Å². The molecule has 1 amide bonds. The number of methoxy groups -OCH3 is 1. The fourth-order valence-electron chi connectivity index (χ4n) is 2.16. The van der Waals surface area contributed by atoms with Crippen molar-refractivity contribution < 1.29 is 9.53 Å². The van der Waals surface area contributed by atoms with Crippen LogP contribution in [0.5, 0.6) is 5.75 Å². The minimum Gasteiger partial charge on any atom is -0.497 e. The third-order valence-corrected chi connectivity index (χ3v) is 3.50. The lowest BCUT2D eigenvalue weighted by Gasteiger charge is -2.19. The first-order chi connectivity index (χ1) is 10.1. The van der Waals surface area contributed by atoms with E-state index in [9.17, 15) is 4.79 Å². The molecule has 0 heterocycles. The molecule has 1 aromatic carbocycles. The van der Waals surface area contributed by atoms with Crippen molar-refractivity contribution in [1.29, 1.82) is 0 Å². The van der Waals surface area contributed by atoms with Crippen LogP contribution in [0, 0.1) is 0 Å². The smallest absolute Gasteiger partial charge is 0.236 e. The van der Waals surface area contributed by atoms with Gasteiger partial charge in [0, 0.05) is 12.6 Å². The summed E-state index contributed by atoms with van der Waals surface area (Å²) < 4.78 is 5.15. The molecule has 2 N–H and O–H groups in total. The topological polar surface area (TPSA) is 50.4 Å². The van der Waals surface area contributed by atoms with Crippen molar-refractivity contribution in [2.24, 2.45) is 0 Å². The van der Waals surface area contributed by atoms with Crippen molar-refractivity contribution in [3.05, 3.63) is 29.8 Å².